The molecular weight excluding hydrogens is 222 g/mol. The van der Waals surface area contributed by atoms with Crippen LogP contribution in [0.25, 0.3) is 0 Å². The van der Waals surface area contributed by atoms with E-state index in [0.29, 0.717) is 27.8 Å². The standard InChI is InChI=1S/C9H12ClNO2S/c10-7-2-3-8(11)9(6-7)14(13)5-1-4-12/h2-3,6,12H,1,4-5,11H2. The van der Waals surface area contributed by atoms with Gasteiger partial charge in [-0.2, -0.15) is 0 Å². The Labute approximate surface area is 90.3 Å². The molecule has 0 bridgehead atoms. The second kappa shape index (κ2) is 5.34. The first-order chi connectivity index (χ1) is 6.65. The van der Waals surface area contributed by atoms with E-state index in [4.69, 9.17) is 22.4 Å². The van der Waals surface area contributed by atoms with Crippen LogP contribution >= 0.6 is 11.6 Å². The molecule has 3 nitrogen and oxygen atoms in total. The Morgan fingerprint density at radius 1 is 1.50 bits per heavy atom. The number of anilines is 1. The Morgan fingerprint density at radius 3 is 2.86 bits per heavy atom. The van der Waals surface area contributed by atoms with Crippen LogP contribution in [0.5, 0.6) is 0 Å². The van der Waals surface area contributed by atoms with Gasteiger partial charge in [-0.3, -0.25) is 4.21 Å². The second-order valence-corrected chi connectivity index (χ2v) is 4.78. The van der Waals surface area contributed by atoms with E-state index in [1.807, 2.05) is 0 Å². The molecule has 0 aromatic heterocycles. The van der Waals surface area contributed by atoms with Crippen molar-refractivity contribution in [3.63, 3.8) is 0 Å². The maximum atomic E-state index is 11.6. The predicted molar refractivity (Wildman–Crippen MR) is 58.8 cm³/mol. The summed E-state index contributed by atoms with van der Waals surface area (Å²) in [4.78, 5) is 0.547. The minimum atomic E-state index is -1.17. The number of benzene rings is 1. The molecule has 0 heterocycles. The number of aliphatic hydroxyl groups is 1. The van der Waals surface area contributed by atoms with Crippen LogP contribution in [-0.2, 0) is 10.8 Å². The van der Waals surface area contributed by atoms with Crippen molar-refractivity contribution >= 4 is 28.1 Å². The molecule has 1 atom stereocenters. The molecule has 0 amide bonds. The Bertz CT molecular complexity index is 344. The van der Waals surface area contributed by atoms with Gasteiger partial charge in [0.15, 0.2) is 0 Å². The molecule has 5 heteroatoms. The molecule has 0 saturated carbocycles. The largest absolute Gasteiger partial charge is 0.398 e. The van der Waals surface area contributed by atoms with Crippen molar-refractivity contribution in [1.82, 2.24) is 0 Å². The number of aliphatic hydroxyl groups excluding tert-OH is 1. The van der Waals surface area contributed by atoms with Gasteiger partial charge in [0.05, 0.1) is 15.7 Å². The zero-order valence-corrected chi connectivity index (χ0v) is 9.14. The minimum absolute atomic E-state index is 0.0339. The Morgan fingerprint density at radius 2 is 2.21 bits per heavy atom. The summed E-state index contributed by atoms with van der Waals surface area (Å²) in [6, 6.07) is 4.89. The third kappa shape index (κ3) is 2.97. The second-order valence-electron chi connectivity index (χ2n) is 2.81. The number of rotatable bonds is 4. The van der Waals surface area contributed by atoms with Gasteiger partial charge < -0.3 is 10.8 Å². The monoisotopic (exact) mass is 233 g/mol. The van der Waals surface area contributed by atoms with Crippen molar-refractivity contribution in [2.24, 2.45) is 0 Å². The molecule has 3 N–H and O–H groups in total. The lowest BCUT2D eigenvalue weighted by atomic mass is 10.3. The van der Waals surface area contributed by atoms with Gasteiger partial charge in [-0.1, -0.05) is 11.6 Å². The molecule has 78 valence electrons. The van der Waals surface area contributed by atoms with Crippen molar-refractivity contribution in [3.8, 4) is 0 Å². The lowest BCUT2D eigenvalue weighted by Gasteiger charge is -2.05. The van der Waals surface area contributed by atoms with E-state index in [1.165, 1.54) is 0 Å². The summed E-state index contributed by atoms with van der Waals surface area (Å²) in [7, 11) is -1.17. The average Bonchev–Trinajstić information content (AvgIpc) is 2.18. The van der Waals surface area contributed by atoms with Crippen LogP contribution in [0, 0.1) is 0 Å². The zero-order valence-electron chi connectivity index (χ0n) is 7.57. The summed E-state index contributed by atoms with van der Waals surface area (Å²) in [5.74, 6) is 0.404. The maximum absolute atomic E-state index is 11.6. The number of nitrogens with two attached hydrogens (primary N) is 1. The summed E-state index contributed by atoms with van der Waals surface area (Å²) >= 11 is 5.76. The Balaban J connectivity index is 2.83. The molecule has 0 aliphatic heterocycles. The molecule has 1 aromatic carbocycles. The smallest absolute Gasteiger partial charge is 0.0632 e. The van der Waals surface area contributed by atoms with E-state index in [0.717, 1.165) is 0 Å². The van der Waals surface area contributed by atoms with Crippen LogP contribution < -0.4 is 5.73 Å². The zero-order chi connectivity index (χ0) is 10.6. The number of hydrogen-bond acceptors (Lipinski definition) is 3. The molecule has 14 heavy (non-hydrogen) atoms. The van der Waals surface area contributed by atoms with Crippen molar-refractivity contribution in [1.29, 1.82) is 0 Å². The SMILES string of the molecule is Nc1ccc(Cl)cc1S(=O)CCCO. The number of nitrogen functional groups attached to an aromatic ring is 1. The third-order valence-corrected chi connectivity index (χ3v) is 3.45. The highest BCUT2D eigenvalue weighted by atomic mass is 35.5. The Kier molecular flexibility index (Phi) is 4.38. The van der Waals surface area contributed by atoms with Gasteiger partial charge in [0, 0.05) is 23.1 Å². The van der Waals surface area contributed by atoms with E-state index in [-0.39, 0.29) is 6.61 Å². The minimum Gasteiger partial charge on any atom is -0.398 e. The average molecular weight is 234 g/mol. The van der Waals surface area contributed by atoms with Gasteiger partial charge in [0.2, 0.25) is 0 Å². The van der Waals surface area contributed by atoms with Crippen LogP contribution in [0.4, 0.5) is 5.69 Å². The van der Waals surface area contributed by atoms with E-state index in [9.17, 15) is 4.21 Å². The van der Waals surface area contributed by atoms with Gasteiger partial charge >= 0.3 is 0 Å². The molecule has 0 aliphatic carbocycles. The van der Waals surface area contributed by atoms with Gasteiger partial charge in [-0.15, -0.1) is 0 Å². The topological polar surface area (TPSA) is 63.3 Å². The summed E-state index contributed by atoms with van der Waals surface area (Å²) in [6.07, 6.45) is 0.499. The van der Waals surface area contributed by atoms with E-state index >= 15 is 0 Å². The molecule has 1 unspecified atom stereocenters. The fraction of sp³-hybridized carbons (Fsp3) is 0.333. The van der Waals surface area contributed by atoms with Gasteiger partial charge in [-0.05, 0) is 24.6 Å². The lowest BCUT2D eigenvalue weighted by molar-refractivity contribution is 0.296. The first-order valence-corrected chi connectivity index (χ1v) is 5.89. The van der Waals surface area contributed by atoms with Crippen molar-refractivity contribution in [3.05, 3.63) is 23.2 Å². The fourth-order valence-electron chi connectivity index (χ4n) is 1.01. The normalized spacial score (nSPS) is 12.7. The first-order valence-electron chi connectivity index (χ1n) is 4.19. The van der Waals surface area contributed by atoms with E-state index < -0.39 is 10.8 Å². The van der Waals surface area contributed by atoms with Crippen molar-refractivity contribution in [2.45, 2.75) is 11.3 Å². The van der Waals surface area contributed by atoms with Crippen LogP contribution in [0.1, 0.15) is 6.42 Å². The van der Waals surface area contributed by atoms with Gasteiger partial charge in [-0.25, -0.2) is 0 Å². The molecule has 0 radical (unpaired) electrons. The van der Waals surface area contributed by atoms with E-state index in [2.05, 4.69) is 0 Å². The van der Waals surface area contributed by atoms with Crippen molar-refractivity contribution < 1.29 is 9.32 Å². The van der Waals surface area contributed by atoms with Crippen LogP contribution in [0.2, 0.25) is 5.02 Å². The number of halogens is 1. The summed E-state index contributed by atoms with van der Waals surface area (Å²) in [5.41, 5.74) is 6.13. The Hall–Kier alpha value is -0.580. The molecule has 0 spiro atoms. The van der Waals surface area contributed by atoms with Gasteiger partial charge in [0.1, 0.15) is 0 Å². The molecule has 1 rings (SSSR count). The lowest BCUT2D eigenvalue weighted by Crippen LogP contribution is -2.03. The fourth-order valence-corrected chi connectivity index (χ4v) is 2.45. The summed E-state index contributed by atoms with van der Waals surface area (Å²) < 4.78 is 11.6. The molecular formula is C9H12ClNO2S. The van der Waals surface area contributed by atoms with E-state index in [1.54, 1.807) is 18.2 Å². The number of hydrogen-bond donors (Lipinski definition) is 2. The van der Waals surface area contributed by atoms with Crippen LogP contribution in [0.15, 0.2) is 23.1 Å². The highest BCUT2D eigenvalue weighted by Crippen LogP contribution is 2.21. The van der Waals surface area contributed by atoms with Gasteiger partial charge in [0.25, 0.3) is 0 Å². The third-order valence-electron chi connectivity index (χ3n) is 1.71. The highest BCUT2D eigenvalue weighted by Gasteiger charge is 2.07. The highest BCUT2D eigenvalue weighted by molar-refractivity contribution is 7.85. The van der Waals surface area contributed by atoms with Crippen LogP contribution in [0.3, 0.4) is 0 Å². The summed E-state index contributed by atoms with van der Waals surface area (Å²) in [6.45, 7) is 0.0339. The summed E-state index contributed by atoms with van der Waals surface area (Å²) in [5, 5.41) is 9.11. The molecule has 1 aromatic rings. The first kappa shape index (κ1) is 11.5. The van der Waals surface area contributed by atoms with Crippen molar-refractivity contribution in [2.75, 3.05) is 18.1 Å². The quantitative estimate of drug-likeness (QED) is 0.773. The molecule has 0 fully saturated rings. The predicted octanol–water partition coefficient (Wildman–Crippen LogP) is 1.41. The van der Waals surface area contributed by atoms with Crippen LogP contribution in [-0.4, -0.2) is 21.7 Å². The maximum Gasteiger partial charge on any atom is 0.0632 e. The molecule has 0 aliphatic rings. The molecule has 0 saturated heterocycles.